The molecule has 2 rings (SSSR count). The molecule has 2 aromatic carbocycles. The van der Waals surface area contributed by atoms with E-state index in [-0.39, 0.29) is 11.4 Å². The van der Waals surface area contributed by atoms with Gasteiger partial charge in [0, 0.05) is 13.6 Å². The van der Waals surface area contributed by atoms with E-state index in [4.69, 9.17) is 0 Å². The number of rotatable bonds is 4. The largest absolute Gasteiger partial charge is 0.243 e. The molecule has 0 unspecified atom stereocenters. The molecular weight excluding hydrogens is 296 g/mol. The summed E-state index contributed by atoms with van der Waals surface area (Å²) in [5, 5.41) is 0. The van der Waals surface area contributed by atoms with E-state index in [2.05, 4.69) is 0 Å². The topological polar surface area (TPSA) is 37.4 Å². The first-order valence-electron chi connectivity index (χ1n) is 6.28. The number of hydrogen-bond acceptors (Lipinski definition) is 2. The average Bonchev–Trinajstić information content (AvgIpc) is 2.43. The first-order chi connectivity index (χ1) is 9.82. The van der Waals surface area contributed by atoms with Gasteiger partial charge in [0.2, 0.25) is 10.0 Å². The van der Waals surface area contributed by atoms with Gasteiger partial charge in [-0.3, -0.25) is 0 Å². The van der Waals surface area contributed by atoms with Crippen LogP contribution in [-0.2, 0) is 16.6 Å². The van der Waals surface area contributed by atoms with Crippen LogP contribution >= 0.6 is 0 Å². The zero-order valence-corrected chi connectivity index (χ0v) is 12.5. The molecule has 0 saturated carbocycles. The van der Waals surface area contributed by atoms with Gasteiger partial charge in [0.05, 0.1) is 4.90 Å². The van der Waals surface area contributed by atoms with Gasteiger partial charge in [-0.1, -0.05) is 24.3 Å². The van der Waals surface area contributed by atoms with Crippen LogP contribution in [0.3, 0.4) is 0 Å². The van der Waals surface area contributed by atoms with Gasteiger partial charge in [-0.25, -0.2) is 17.2 Å². The van der Waals surface area contributed by atoms with Crippen molar-refractivity contribution in [2.24, 2.45) is 0 Å². The Kier molecular flexibility index (Phi) is 4.39. The Bertz CT molecular complexity index is 760. The molecule has 0 heterocycles. The van der Waals surface area contributed by atoms with Crippen LogP contribution in [0.4, 0.5) is 8.78 Å². The lowest BCUT2D eigenvalue weighted by Crippen LogP contribution is -2.27. The molecule has 0 aromatic heterocycles. The van der Waals surface area contributed by atoms with E-state index in [1.54, 1.807) is 25.1 Å². The molecule has 21 heavy (non-hydrogen) atoms. The fourth-order valence-corrected chi connectivity index (χ4v) is 3.37. The van der Waals surface area contributed by atoms with Crippen LogP contribution in [0.5, 0.6) is 0 Å². The van der Waals surface area contributed by atoms with Gasteiger partial charge in [0.1, 0.15) is 0 Å². The zero-order chi connectivity index (χ0) is 15.6. The summed E-state index contributed by atoms with van der Waals surface area (Å²) in [6.07, 6.45) is 0. The third-order valence-electron chi connectivity index (χ3n) is 3.17. The van der Waals surface area contributed by atoms with E-state index < -0.39 is 21.7 Å². The van der Waals surface area contributed by atoms with Crippen LogP contribution in [0.2, 0.25) is 0 Å². The summed E-state index contributed by atoms with van der Waals surface area (Å²) in [7, 11) is -2.27. The van der Waals surface area contributed by atoms with Gasteiger partial charge >= 0.3 is 0 Å². The highest BCUT2D eigenvalue weighted by molar-refractivity contribution is 7.89. The summed E-state index contributed by atoms with van der Waals surface area (Å²) in [5.41, 5.74) is 1.02. The van der Waals surface area contributed by atoms with Crippen LogP contribution in [0.25, 0.3) is 0 Å². The van der Waals surface area contributed by atoms with E-state index in [9.17, 15) is 17.2 Å². The molecule has 2 aromatic rings. The van der Waals surface area contributed by atoms with Crippen molar-refractivity contribution in [3.05, 3.63) is 65.2 Å². The summed E-state index contributed by atoms with van der Waals surface area (Å²) in [6.45, 7) is 1.67. The predicted octanol–water partition coefficient (Wildman–Crippen LogP) is 3.09. The molecule has 112 valence electrons. The highest BCUT2D eigenvalue weighted by Gasteiger charge is 2.22. The van der Waals surface area contributed by atoms with Crippen molar-refractivity contribution < 1.29 is 17.2 Å². The van der Waals surface area contributed by atoms with Crippen molar-refractivity contribution in [2.75, 3.05) is 7.05 Å². The molecule has 0 radical (unpaired) electrons. The molecule has 0 aliphatic carbocycles. The quantitative estimate of drug-likeness (QED) is 0.870. The van der Waals surface area contributed by atoms with Crippen LogP contribution in [0.15, 0.2) is 47.4 Å². The van der Waals surface area contributed by atoms with Crippen LogP contribution in [0, 0.1) is 18.6 Å². The van der Waals surface area contributed by atoms with Crippen molar-refractivity contribution >= 4 is 10.0 Å². The lowest BCUT2D eigenvalue weighted by molar-refractivity contribution is 0.461. The van der Waals surface area contributed by atoms with E-state index >= 15 is 0 Å². The first-order valence-corrected chi connectivity index (χ1v) is 7.72. The monoisotopic (exact) mass is 311 g/mol. The summed E-state index contributed by atoms with van der Waals surface area (Å²) >= 11 is 0. The molecule has 0 atom stereocenters. The minimum atomic E-state index is -3.67. The second-order valence-electron chi connectivity index (χ2n) is 4.78. The van der Waals surface area contributed by atoms with Crippen molar-refractivity contribution in [3.8, 4) is 0 Å². The van der Waals surface area contributed by atoms with Gasteiger partial charge in [-0.15, -0.1) is 0 Å². The van der Waals surface area contributed by atoms with Gasteiger partial charge in [0.15, 0.2) is 11.6 Å². The molecule has 0 amide bonds. The fourth-order valence-electron chi connectivity index (χ4n) is 1.99. The summed E-state index contributed by atoms with van der Waals surface area (Å²) < 4.78 is 52.1. The molecule has 0 fully saturated rings. The maximum atomic E-state index is 13.2. The third kappa shape index (κ3) is 3.28. The van der Waals surface area contributed by atoms with Crippen molar-refractivity contribution in [2.45, 2.75) is 18.4 Å². The zero-order valence-electron chi connectivity index (χ0n) is 11.7. The highest BCUT2D eigenvalue weighted by Crippen LogP contribution is 2.20. The summed E-state index contributed by atoms with van der Waals surface area (Å²) in [5.74, 6) is -1.95. The predicted molar refractivity (Wildman–Crippen MR) is 76.2 cm³/mol. The standard InChI is InChI=1S/C15H15F2NO2S/c1-11-5-3-4-6-15(11)21(19,20)18(2)10-12-7-8-13(16)14(17)9-12/h3-9H,10H2,1-2H3. The SMILES string of the molecule is Cc1ccccc1S(=O)(=O)N(C)Cc1ccc(F)c(F)c1. The number of benzene rings is 2. The maximum Gasteiger partial charge on any atom is 0.243 e. The molecule has 0 N–H and O–H groups in total. The number of nitrogens with zero attached hydrogens (tertiary/aromatic N) is 1. The maximum absolute atomic E-state index is 13.2. The molecule has 6 heteroatoms. The van der Waals surface area contributed by atoms with Crippen molar-refractivity contribution in [1.29, 1.82) is 0 Å². The minimum Gasteiger partial charge on any atom is -0.207 e. The number of aryl methyl sites for hydroxylation is 1. The normalized spacial score (nSPS) is 11.9. The van der Waals surface area contributed by atoms with Gasteiger partial charge < -0.3 is 0 Å². The minimum absolute atomic E-state index is 0.0339. The average molecular weight is 311 g/mol. The lowest BCUT2D eigenvalue weighted by Gasteiger charge is -2.18. The summed E-state index contributed by atoms with van der Waals surface area (Å²) in [6, 6.07) is 9.97. The number of sulfonamides is 1. The number of hydrogen-bond donors (Lipinski definition) is 0. The van der Waals surface area contributed by atoms with E-state index in [0.717, 1.165) is 16.4 Å². The Morgan fingerprint density at radius 2 is 1.71 bits per heavy atom. The summed E-state index contributed by atoms with van der Waals surface area (Å²) in [4.78, 5) is 0.204. The Labute approximate surface area is 122 Å². The van der Waals surface area contributed by atoms with Crippen molar-refractivity contribution in [1.82, 2.24) is 4.31 Å². The van der Waals surface area contributed by atoms with Gasteiger partial charge in [-0.05, 0) is 36.2 Å². The van der Waals surface area contributed by atoms with E-state index in [1.165, 1.54) is 19.2 Å². The lowest BCUT2D eigenvalue weighted by atomic mass is 10.2. The molecule has 0 saturated heterocycles. The smallest absolute Gasteiger partial charge is 0.207 e. The fraction of sp³-hybridized carbons (Fsp3) is 0.200. The number of halogens is 2. The van der Waals surface area contributed by atoms with Crippen LogP contribution < -0.4 is 0 Å². The second-order valence-corrected chi connectivity index (χ2v) is 6.79. The Balaban J connectivity index is 2.29. The molecule has 0 aliphatic rings. The van der Waals surface area contributed by atoms with Crippen LogP contribution in [-0.4, -0.2) is 19.8 Å². The van der Waals surface area contributed by atoms with E-state index in [0.29, 0.717) is 11.1 Å². The molecule has 0 spiro atoms. The van der Waals surface area contributed by atoms with Crippen LogP contribution in [0.1, 0.15) is 11.1 Å². The van der Waals surface area contributed by atoms with Gasteiger partial charge in [0.25, 0.3) is 0 Å². The Morgan fingerprint density at radius 3 is 2.33 bits per heavy atom. The Hall–Kier alpha value is -1.79. The second kappa shape index (κ2) is 5.91. The van der Waals surface area contributed by atoms with Gasteiger partial charge in [-0.2, -0.15) is 4.31 Å². The van der Waals surface area contributed by atoms with E-state index in [1.807, 2.05) is 0 Å². The first kappa shape index (κ1) is 15.6. The van der Waals surface area contributed by atoms with Crippen molar-refractivity contribution in [3.63, 3.8) is 0 Å². The molecular formula is C15H15F2NO2S. The molecule has 0 bridgehead atoms. The molecule has 0 aliphatic heterocycles. The third-order valence-corrected chi connectivity index (χ3v) is 5.13. The highest BCUT2D eigenvalue weighted by atomic mass is 32.2. The molecule has 3 nitrogen and oxygen atoms in total. The Morgan fingerprint density at radius 1 is 1.05 bits per heavy atom.